The van der Waals surface area contributed by atoms with Gasteiger partial charge < -0.3 is 20.1 Å². The van der Waals surface area contributed by atoms with Gasteiger partial charge in [0.25, 0.3) is 0 Å². The fraction of sp³-hybridized carbons (Fsp3) is 1.00. The summed E-state index contributed by atoms with van der Waals surface area (Å²) in [6.07, 6.45) is -2.31. The molecule has 0 spiro atoms. The van der Waals surface area contributed by atoms with Crippen LogP contribution < -0.4 is 0 Å². The Morgan fingerprint density at radius 3 is 2.27 bits per heavy atom. The van der Waals surface area contributed by atoms with Crippen LogP contribution >= 0.6 is 0 Å². The van der Waals surface area contributed by atoms with Gasteiger partial charge in [0, 0.05) is 0 Å². The van der Waals surface area contributed by atoms with Crippen LogP contribution in [0.5, 0.6) is 0 Å². The van der Waals surface area contributed by atoms with Crippen LogP contribution in [0.2, 0.25) is 0 Å². The zero-order chi connectivity index (χ0) is 8.65. The summed E-state index contributed by atoms with van der Waals surface area (Å²) >= 11 is 0. The quantitative estimate of drug-likeness (QED) is 0.369. The van der Waals surface area contributed by atoms with Crippen molar-refractivity contribution in [3.05, 3.63) is 0 Å². The molecular weight excluding hydrogens is 147 g/mol. The second-order valence-corrected chi connectivity index (χ2v) is 3.23. The van der Waals surface area contributed by atoms with Crippen LogP contribution in [0.25, 0.3) is 0 Å². The summed E-state index contributed by atoms with van der Waals surface area (Å²) in [5.41, 5.74) is -1.00. The van der Waals surface area contributed by atoms with E-state index in [9.17, 15) is 10.2 Å². The summed E-state index contributed by atoms with van der Waals surface area (Å²) in [5.74, 6) is 0. The summed E-state index contributed by atoms with van der Waals surface area (Å²) < 4.78 is 5.17. The zero-order valence-electron chi connectivity index (χ0n) is 6.69. The highest BCUT2D eigenvalue weighted by molar-refractivity contribution is 6.15. The summed E-state index contributed by atoms with van der Waals surface area (Å²) in [6.45, 7) is 1.38. The van der Waals surface area contributed by atoms with Crippen molar-refractivity contribution in [2.24, 2.45) is 0 Å². The van der Waals surface area contributed by atoms with Crippen molar-refractivity contribution < 1.29 is 20.1 Å². The Labute approximate surface area is 66.2 Å². The normalized spacial score (nSPS) is 51.5. The highest BCUT2D eigenvalue weighted by atomic mass is 16.6. The van der Waals surface area contributed by atoms with Crippen LogP contribution in [0.1, 0.15) is 6.92 Å². The molecule has 0 aromatic heterocycles. The van der Waals surface area contributed by atoms with Gasteiger partial charge >= 0.3 is 0 Å². The Kier molecular flexibility index (Phi) is 2.25. The third-order valence-corrected chi connectivity index (χ3v) is 2.20. The van der Waals surface area contributed by atoms with E-state index >= 15 is 0 Å². The van der Waals surface area contributed by atoms with E-state index in [0.29, 0.717) is 0 Å². The Bertz CT molecular complexity index is 154. The third kappa shape index (κ3) is 1.29. The summed E-state index contributed by atoms with van der Waals surface area (Å²) in [7, 11) is 1.57. The third-order valence-electron chi connectivity index (χ3n) is 2.20. The molecule has 11 heavy (non-hydrogen) atoms. The number of hydrogen-bond donors (Lipinski definition) is 3. The largest absolute Gasteiger partial charge is 0.394 e. The SMILES string of the molecule is BC1(CO)OC(C)C(O)C1O. The van der Waals surface area contributed by atoms with Gasteiger partial charge in [-0.25, -0.2) is 0 Å². The topological polar surface area (TPSA) is 69.9 Å². The van der Waals surface area contributed by atoms with E-state index in [4.69, 9.17) is 9.84 Å². The van der Waals surface area contributed by atoms with E-state index in [1.54, 1.807) is 14.8 Å². The van der Waals surface area contributed by atoms with E-state index in [-0.39, 0.29) is 6.61 Å². The van der Waals surface area contributed by atoms with Gasteiger partial charge in [-0.05, 0) is 6.92 Å². The number of rotatable bonds is 1. The first-order chi connectivity index (χ1) is 5.01. The van der Waals surface area contributed by atoms with Crippen LogP contribution in [0.4, 0.5) is 0 Å². The molecule has 1 aliphatic heterocycles. The average molecular weight is 160 g/mol. The molecule has 0 aromatic carbocycles. The van der Waals surface area contributed by atoms with Gasteiger partial charge in [-0.2, -0.15) is 0 Å². The molecule has 5 heteroatoms. The lowest BCUT2D eigenvalue weighted by Crippen LogP contribution is -2.46. The molecule has 1 fully saturated rings. The van der Waals surface area contributed by atoms with E-state index in [1.165, 1.54) is 0 Å². The molecule has 0 aliphatic carbocycles. The Morgan fingerprint density at radius 2 is 2.09 bits per heavy atom. The lowest BCUT2D eigenvalue weighted by Gasteiger charge is -2.24. The minimum absolute atomic E-state index is 0.282. The number of hydrogen-bond acceptors (Lipinski definition) is 4. The van der Waals surface area contributed by atoms with E-state index in [0.717, 1.165) is 0 Å². The molecular formula is C6H13BO4. The van der Waals surface area contributed by atoms with Crippen molar-refractivity contribution in [1.82, 2.24) is 0 Å². The molecule has 1 aliphatic rings. The highest BCUT2D eigenvalue weighted by Crippen LogP contribution is 2.27. The minimum Gasteiger partial charge on any atom is -0.394 e. The van der Waals surface area contributed by atoms with Gasteiger partial charge in [-0.1, -0.05) is 0 Å². The van der Waals surface area contributed by atoms with Crippen molar-refractivity contribution in [1.29, 1.82) is 0 Å². The van der Waals surface area contributed by atoms with Crippen LogP contribution in [-0.4, -0.2) is 53.6 Å². The molecule has 0 bridgehead atoms. The first-order valence-electron chi connectivity index (χ1n) is 3.66. The smallest absolute Gasteiger partial charge is 0.149 e. The molecule has 3 N–H and O–H groups in total. The Hall–Kier alpha value is -0.0951. The molecule has 4 nitrogen and oxygen atoms in total. The molecule has 1 saturated heterocycles. The lowest BCUT2D eigenvalue weighted by molar-refractivity contribution is -0.0498. The standard InChI is InChI=1S/C6H13BO4/c1-3-4(9)5(10)6(7,2-8)11-3/h3-5,8-10H,2,7H2,1H3. The molecule has 0 amide bonds. The second kappa shape index (κ2) is 2.75. The monoisotopic (exact) mass is 160 g/mol. The maximum Gasteiger partial charge on any atom is 0.149 e. The Morgan fingerprint density at radius 1 is 1.55 bits per heavy atom. The molecule has 0 saturated carbocycles. The highest BCUT2D eigenvalue weighted by Gasteiger charge is 2.48. The molecule has 4 atom stereocenters. The Balaban J connectivity index is 2.73. The molecule has 0 radical (unpaired) electrons. The summed E-state index contributed by atoms with van der Waals surface area (Å²) in [6, 6.07) is 0. The van der Waals surface area contributed by atoms with E-state index < -0.39 is 23.8 Å². The van der Waals surface area contributed by atoms with Crippen LogP contribution in [-0.2, 0) is 4.74 Å². The first kappa shape index (κ1) is 9.00. The predicted molar refractivity (Wildman–Crippen MR) is 40.9 cm³/mol. The average Bonchev–Trinajstić information content (AvgIpc) is 2.17. The van der Waals surface area contributed by atoms with Crippen LogP contribution in [0.15, 0.2) is 0 Å². The van der Waals surface area contributed by atoms with E-state index in [1.807, 2.05) is 0 Å². The molecule has 0 aromatic rings. The predicted octanol–water partition coefficient (Wildman–Crippen LogP) is -2.55. The zero-order valence-corrected chi connectivity index (χ0v) is 6.69. The van der Waals surface area contributed by atoms with E-state index in [2.05, 4.69) is 0 Å². The van der Waals surface area contributed by atoms with Crippen molar-refractivity contribution in [2.75, 3.05) is 6.61 Å². The maximum absolute atomic E-state index is 9.35. The van der Waals surface area contributed by atoms with Gasteiger partial charge in [0.15, 0.2) is 0 Å². The van der Waals surface area contributed by atoms with Crippen molar-refractivity contribution in [3.63, 3.8) is 0 Å². The van der Waals surface area contributed by atoms with Gasteiger partial charge in [-0.3, -0.25) is 0 Å². The maximum atomic E-state index is 9.35. The minimum atomic E-state index is -1.00. The molecule has 1 heterocycles. The van der Waals surface area contributed by atoms with Crippen LogP contribution in [0, 0.1) is 0 Å². The van der Waals surface area contributed by atoms with Gasteiger partial charge in [0.05, 0.1) is 18.2 Å². The molecule has 4 unspecified atom stereocenters. The summed E-state index contributed by atoms with van der Waals surface area (Å²) in [4.78, 5) is 0. The van der Waals surface area contributed by atoms with Gasteiger partial charge in [0.1, 0.15) is 20.1 Å². The van der Waals surface area contributed by atoms with Crippen molar-refractivity contribution in [2.45, 2.75) is 30.7 Å². The fourth-order valence-electron chi connectivity index (χ4n) is 1.31. The van der Waals surface area contributed by atoms with Gasteiger partial charge in [-0.15, -0.1) is 0 Å². The van der Waals surface area contributed by atoms with Crippen molar-refractivity contribution in [3.8, 4) is 0 Å². The van der Waals surface area contributed by atoms with Crippen LogP contribution in [0.3, 0.4) is 0 Å². The lowest BCUT2D eigenvalue weighted by atomic mass is 9.77. The summed E-state index contributed by atoms with van der Waals surface area (Å²) in [5, 5.41) is 27.4. The van der Waals surface area contributed by atoms with Gasteiger partial charge in [0.2, 0.25) is 0 Å². The first-order valence-corrected chi connectivity index (χ1v) is 3.66. The number of aliphatic hydroxyl groups excluding tert-OH is 3. The number of ether oxygens (including phenoxy) is 1. The molecule has 1 rings (SSSR count). The fourth-order valence-corrected chi connectivity index (χ4v) is 1.31. The molecule has 64 valence electrons. The second-order valence-electron chi connectivity index (χ2n) is 3.23. The number of aliphatic hydroxyl groups is 3. The van der Waals surface area contributed by atoms with Crippen molar-refractivity contribution >= 4 is 7.85 Å².